The summed E-state index contributed by atoms with van der Waals surface area (Å²) in [7, 11) is 0. The van der Waals surface area contributed by atoms with E-state index in [1.54, 1.807) is 39.0 Å². The molecule has 2 atom stereocenters. The smallest absolute Gasteiger partial charge is 0.251 e. The second-order valence-corrected chi connectivity index (χ2v) is 11.7. The molecule has 11 heteroatoms. The Hall–Kier alpha value is -2.87. The summed E-state index contributed by atoms with van der Waals surface area (Å²) >= 11 is 6.36. The number of hydrogen-bond acceptors (Lipinski definition) is 6. The van der Waals surface area contributed by atoms with Gasteiger partial charge in [0, 0.05) is 66.7 Å². The number of rotatable bonds is 11. The zero-order valence-corrected chi connectivity index (χ0v) is 29.9. The van der Waals surface area contributed by atoms with Gasteiger partial charge in [0.15, 0.2) is 0 Å². The number of pyridine rings is 1. The molecule has 0 spiro atoms. The molecule has 0 saturated heterocycles. The Morgan fingerprint density at radius 1 is 1.12 bits per heavy atom. The molecule has 2 aromatic carbocycles. The van der Waals surface area contributed by atoms with Crippen LogP contribution in [0.3, 0.4) is 0 Å². The molecule has 0 bridgehead atoms. The van der Waals surface area contributed by atoms with Crippen LogP contribution in [-0.2, 0) is 11.2 Å². The van der Waals surface area contributed by atoms with Gasteiger partial charge < -0.3 is 30.6 Å². The maximum absolute atomic E-state index is 13.2. The molecular weight excluding hydrogens is 792 g/mol. The number of nitrogens with one attached hydrogen (secondary N) is 2. The summed E-state index contributed by atoms with van der Waals surface area (Å²) in [6.45, 7) is 8.95. The van der Waals surface area contributed by atoms with Gasteiger partial charge in [0.1, 0.15) is 11.4 Å². The molecule has 0 aliphatic heterocycles. The molecule has 9 nitrogen and oxygen atoms in total. The Labute approximate surface area is 280 Å². The normalized spacial score (nSPS) is 12.9. The van der Waals surface area contributed by atoms with Gasteiger partial charge in [-0.1, -0.05) is 41.9 Å². The summed E-state index contributed by atoms with van der Waals surface area (Å²) in [5.74, 6) is -0.141. The van der Waals surface area contributed by atoms with Gasteiger partial charge in [0.2, 0.25) is 5.91 Å². The van der Waals surface area contributed by atoms with E-state index < -0.39 is 17.7 Å². The van der Waals surface area contributed by atoms with Crippen molar-refractivity contribution in [2.24, 2.45) is 5.73 Å². The van der Waals surface area contributed by atoms with E-state index in [0.29, 0.717) is 28.4 Å². The van der Waals surface area contributed by atoms with Crippen LogP contribution in [0.5, 0.6) is 5.75 Å². The summed E-state index contributed by atoms with van der Waals surface area (Å²) in [5, 5.41) is 16.3. The van der Waals surface area contributed by atoms with Crippen molar-refractivity contribution < 1.29 is 50.5 Å². The van der Waals surface area contributed by atoms with E-state index in [2.05, 4.69) is 10.6 Å². The molecular formula is C32H38ClN5O4U. The van der Waals surface area contributed by atoms with E-state index in [4.69, 9.17) is 27.1 Å². The van der Waals surface area contributed by atoms with E-state index in [1.165, 1.54) is 0 Å². The van der Waals surface area contributed by atoms with Gasteiger partial charge in [-0.25, -0.2) is 4.98 Å². The fourth-order valence-electron chi connectivity index (χ4n) is 4.47. The molecule has 0 fully saturated rings. The topological polar surface area (TPSA) is 131 Å². The van der Waals surface area contributed by atoms with E-state index in [0.717, 1.165) is 22.4 Å². The minimum absolute atomic E-state index is 0. The van der Waals surface area contributed by atoms with Crippen molar-refractivity contribution in [1.82, 2.24) is 20.0 Å². The number of fused-ring (bicyclic) bond motifs is 1. The van der Waals surface area contributed by atoms with Gasteiger partial charge in [-0.2, -0.15) is 0 Å². The first kappa shape index (κ1) is 34.6. The first-order valence-corrected chi connectivity index (χ1v) is 14.3. The summed E-state index contributed by atoms with van der Waals surface area (Å²) < 4.78 is 7.57. The number of imidazole rings is 1. The van der Waals surface area contributed by atoms with Gasteiger partial charge >= 0.3 is 0 Å². The molecule has 1 unspecified atom stereocenters. The number of aliphatic hydroxyl groups is 1. The van der Waals surface area contributed by atoms with Crippen molar-refractivity contribution in [2.45, 2.75) is 64.8 Å². The number of ether oxygens (including phenoxy) is 1. The van der Waals surface area contributed by atoms with Gasteiger partial charge in [0.25, 0.3) is 5.91 Å². The van der Waals surface area contributed by atoms with Crippen LogP contribution in [0.1, 0.15) is 62.2 Å². The number of nitrogens with two attached hydrogens (primary N) is 1. The van der Waals surface area contributed by atoms with Crippen LogP contribution in [0.4, 0.5) is 0 Å². The van der Waals surface area contributed by atoms with Crippen molar-refractivity contribution in [3.8, 4) is 17.0 Å². The molecule has 0 radical (unpaired) electrons. The average molecular weight is 830 g/mol. The van der Waals surface area contributed by atoms with Crippen molar-refractivity contribution in [3.63, 3.8) is 0 Å². The molecule has 226 valence electrons. The minimum atomic E-state index is -1.06. The predicted octanol–water partition coefficient (Wildman–Crippen LogP) is 4.69. The third kappa shape index (κ3) is 9.07. The maximum atomic E-state index is 13.2. The van der Waals surface area contributed by atoms with Crippen molar-refractivity contribution in [2.75, 3.05) is 6.54 Å². The largest absolute Gasteiger partial charge is 0.489 e. The molecule has 43 heavy (non-hydrogen) atoms. The van der Waals surface area contributed by atoms with Crippen LogP contribution >= 0.6 is 11.6 Å². The molecule has 0 aliphatic rings. The summed E-state index contributed by atoms with van der Waals surface area (Å²) in [5.41, 5.74) is 9.38. The number of halogens is 1. The van der Waals surface area contributed by atoms with Crippen LogP contribution in [0.15, 0.2) is 67.0 Å². The van der Waals surface area contributed by atoms with Crippen LogP contribution in [0.25, 0.3) is 16.9 Å². The quantitative estimate of drug-likeness (QED) is 0.174. The molecule has 2 amide bonds. The second kappa shape index (κ2) is 14.7. The third-order valence-electron chi connectivity index (χ3n) is 6.68. The number of hydrogen-bond donors (Lipinski definition) is 4. The fourth-order valence-corrected chi connectivity index (χ4v) is 4.70. The summed E-state index contributed by atoms with van der Waals surface area (Å²) in [6, 6.07) is 16.1. The van der Waals surface area contributed by atoms with Crippen molar-refractivity contribution in [3.05, 3.63) is 88.7 Å². The Kier molecular flexibility index (Phi) is 11.9. The third-order valence-corrected chi connectivity index (χ3v) is 6.98. The molecule has 0 saturated carbocycles. The van der Waals surface area contributed by atoms with E-state index in [9.17, 15) is 14.7 Å². The molecule has 0 aliphatic carbocycles. The monoisotopic (exact) mass is 829 g/mol. The molecule has 4 rings (SSSR count). The van der Waals surface area contributed by atoms with E-state index in [-0.39, 0.29) is 55.6 Å². The number of nitrogens with zero attached hydrogens (tertiary/aromatic N) is 2. The maximum Gasteiger partial charge on any atom is 0.251 e. The van der Waals surface area contributed by atoms with Crippen LogP contribution in [0.2, 0.25) is 5.02 Å². The van der Waals surface area contributed by atoms with E-state index in [1.807, 2.05) is 67.0 Å². The van der Waals surface area contributed by atoms with Crippen molar-refractivity contribution in [1.29, 1.82) is 0 Å². The molecule has 4 aromatic rings. The number of aliphatic hydroxyl groups excluding tert-OH is 1. The molecule has 2 aromatic heterocycles. The average Bonchev–Trinajstić information content (AvgIpc) is 3.36. The van der Waals surface area contributed by atoms with Gasteiger partial charge in [0.05, 0.1) is 34.5 Å². The standard InChI is InChI=1S/C32H38ClN5O4.U/c1-19(2)42-28-13-12-23(16-26(28)33)30(40)36-24(17-35-31(41)32(4,5)34)15-21-8-10-22(11-9-21)27-18-38-14-6-7-25(20(3)39)29(38)37-27;/h6-14,16,18-20,24,39H,15,17,34H2,1-5H3,(H,35,41)(H,36,40);/t20?,24-;/m0./s1. The number of aromatic nitrogens is 2. The Morgan fingerprint density at radius 2 is 1.81 bits per heavy atom. The Balaban J connectivity index is 0.00000506. The fraction of sp³-hybridized carbons (Fsp3) is 0.344. The predicted molar refractivity (Wildman–Crippen MR) is 165 cm³/mol. The number of benzene rings is 2. The number of amides is 2. The van der Waals surface area contributed by atoms with Crippen molar-refractivity contribution >= 4 is 29.1 Å². The first-order chi connectivity index (χ1) is 19.8. The summed E-state index contributed by atoms with van der Waals surface area (Å²) in [6.07, 6.45) is 3.59. The van der Waals surface area contributed by atoms with E-state index >= 15 is 0 Å². The first-order valence-electron chi connectivity index (χ1n) is 13.9. The SMILES string of the molecule is CC(C)Oc1ccc(C(=O)N[C@H](CNC(=O)C(C)(C)N)Cc2ccc(-c3cn4cccc(C(C)O)c4n3)cc2)cc1Cl.[U]. The van der Waals surface area contributed by atoms with Crippen LogP contribution < -0.4 is 21.1 Å². The van der Waals surface area contributed by atoms with Gasteiger partial charge in [-0.05, 0) is 70.9 Å². The van der Waals surface area contributed by atoms with Crippen LogP contribution in [0, 0.1) is 31.1 Å². The Bertz CT molecular complexity index is 1560. The van der Waals surface area contributed by atoms with Crippen LogP contribution in [-0.4, -0.2) is 50.5 Å². The Morgan fingerprint density at radius 3 is 2.42 bits per heavy atom. The van der Waals surface area contributed by atoms with Gasteiger partial charge in [-0.3, -0.25) is 9.59 Å². The van der Waals surface area contributed by atoms with Gasteiger partial charge in [-0.15, -0.1) is 0 Å². The zero-order chi connectivity index (χ0) is 30.6. The second-order valence-electron chi connectivity index (χ2n) is 11.3. The number of carbonyl (C=O) groups is 2. The summed E-state index contributed by atoms with van der Waals surface area (Å²) in [4.78, 5) is 30.4. The zero-order valence-electron chi connectivity index (χ0n) is 25.0. The minimum Gasteiger partial charge on any atom is -0.489 e. The number of carbonyl (C=O) groups excluding carboxylic acids is 2. The molecule has 5 N–H and O–H groups in total. The molecule has 2 heterocycles.